The molecular formula is C29H28N4O9S. The van der Waals surface area contributed by atoms with Crippen LogP contribution in [0.4, 0.5) is 9.93 Å². The fourth-order valence-corrected chi connectivity index (χ4v) is 5.33. The number of hydrogen-bond donors (Lipinski definition) is 2. The fraction of sp³-hybridized carbons (Fsp3) is 0.276. The maximum absolute atomic E-state index is 13.8. The van der Waals surface area contributed by atoms with Gasteiger partial charge in [-0.2, -0.15) is 0 Å². The molecule has 1 aromatic carbocycles. The molecule has 3 heterocycles. The highest BCUT2D eigenvalue weighted by molar-refractivity contribution is 7.14. The van der Waals surface area contributed by atoms with Gasteiger partial charge in [-0.3, -0.25) is 9.59 Å². The number of anilines is 1. The van der Waals surface area contributed by atoms with Crippen molar-refractivity contribution in [3.8, 4) is 11.5 Å². The molecule has 4 amide bonds. The SMILES string of the molecule is COC(=O)c1csc(NC(=O)[C@H](Cc2ccc(OC)c(OC)c2)N2C(=O)NC(C3=COC=C(C4=CC=CCC4)O3)C2=O)n1. The molecule has 1 aromatic heterocycles. The Morgan fingerprint density at radius 2 is 2.00 bits per heavy atom. The number of benzene rings is 1. The Bertz CT molecular complexity index is 1580. The number of methoxy groups -OCH3 is 3. The van der Waals surface area contributed by atoms with Crippen LogP contribution < -0.4 is 20.1 Å². The van der Waals surface area contributed by atoms with Gasteiger partial charge in [0.15, 0.2) is 39.9 Å². The van der Waals surface area contributed by atoms with Crippen LogP contribution in [0.3, 0.4) is 0 Å². The summed E-state index contributed by atoms with van der Waals surface area (Å²) in [6, 6.07) is 1.64. The second-order valence-corrected chi connectivity index (χ2v) is 10.3. The molecule has 43 heavy (non-hydrogen) atoms. The van der Waals surface area contributed by atoms with E-state index in [4.69, 9.17) is 18.9 Å². The molecule has 2 aromatic rings. The van der Waals surface area contributed by atoms with Gasteiger partial charge in [-0.05, 0) is 36.1 Å². The maximum atomic E-state index is 13.8. The van der Waals surface area contributed by atoms with Crippen LogP contribution in [-0.2, 0) is 30.2 Å². The van der Waals surface area contributed by atoms with Gasteiger partial charge in [0.25, 0.3) is 5.91 Å². The van der Waals surface area contributed by atoms with Gasteiger partial charge in [0.05, 0.1) is 21.3 Å². The second kappa shape index (κ2) is 12.8. The monoisotopic (exact) mass is 608 g/mol. The van der Waals surface area contributed by atoms with Gasteiger partial charge in [-0.25, -0.2) is 19.5 Å². The molecule has 0 spiro atoms. The minimum atomic E-state index is -1.33. The predicted molar refractivity (Wildman–Crippen MR) is 153 cm³/mol. The first-order valence-corrected chi connectivity index (χ1v) is 14.0. The average molecular weight is 609 g/mol. The van der Waals surface area contributed by atoms with Crippen molar-refractivity contribution in [2.45, 2.75) is 31.3 Å². The summed E-state index contributed by atoms with van der Waals surface area (Å²) in [5.41, 5.74) is 1.46. The number of esters is 1. The van der Waals surface area contributed by atoms with Crippen LogP contribution in [0.25, 0.3) is 0 Å². The molecule has 1 aliphatic carbocycles. The lowest BCUT2D eigenvalue weighted by Crippen LogP contribution is -2.49. The smallest absolute Gasteiger partial charge is 0.357 e. The van der Waals surface area contributed by atoms with Crippen molar-refractivity contribution in [2.24, 2.45) is 0 Å². The second-order valence-electron chi connectivity index (χ2n) is 9.42. The van der Waals surface area contributed by atoms with Gasteiger partial charge in [0.1, 0.15) is 18.6 Å². The highest BCUT2D eigenvalue weighted by Gasteiger charge is 2.48. The van der Waals surface area contributed by atoms with Crippen molar-refractivity contribution in [1.82, 2.24) is 15.2 Å². The molecule has 0 bridgehead atoms. The molecule has 2 atom stereocenters. The normalized spacial score (nSPS) is 18.3. The molecule has 13 nitrogen and oxygen atoms in total. The Kier molecular flexibility index (Phi) is 8.76. The van der Waals surface area contributed by atoms with E-state index in [9.17, 15) is 19.2 Å². The van der Waals surface area contributed by atoms with Crippen LogP contribution in [0.5, 0.6) is 11.5 Å². The third kappa shape index (κ3) is 6.23. The van der Waals surface area contributed by atoms with Gasteiger partial charge >= 0.3 is 12.0 Å². The molecule has 0 saturated carbocycles. The Labute approximate surface area is 250 Å². The molecule has 2 N–H and O–H groups in total. The van der Waals surface area contributed by atoms with Crippen molar-refractivity contribution < 1.29 is 42.9 Å². The first-order valence-electron chi connectivity index (χ1n) is 13.1. The minimum absolute atomic E-state index is 0.00288. The van der Waals surface area contributed by atoms with Gasteiger partial charge in [-0.15, -0.1) is 11.3 Å². The predicted octanol–water partition coefficient (Wildman–Crippen LogP) is 3.42. The Hall–Kier alpha value is -5.11. The van der Waals surface area contributed by atoms with E-state index >= 15 is 0 Å². The molecular weight excluding hydrogens is 580 g/mol. The van der Waals surface area contributed by atoms with Gasteiger partial charge in [0, 0.05) is 11.8 Å². The summed E-state index contributed by atoms with van der Waals surface area (Å²) in [5, 5.41) is 6.72. The molecule has 1 unspecified atom stereocenters. The van der Waals surface area contributed by atoms with Crippen LogP contribution in [0.15, 0.2) is 71.4 Å². The first kappa shape index (κ1) is 29.4. The standard InChI is InChI=1S/C29H28N4O9S/c1-38-20-10-9-16(12-21(20)39-2)11-19(25(34)32-28-30-18(15-43-28)27(36)40-3)33-26(35)24(31-29(33)37)23-14-41-13-22(42-23)17-7-5-4-6-8-17/h4-5,7,9-10,12-15,19,24H,6,8,11H2,1-3H3,(H,31,37)(H,30,32,34)/t19-,24?/m0/s1. The molecule has 14 heteroatoms. The van der Waals surface area contributed by atoms with Crippen molar-refractivity contribution in [3.63, 3.8) is 0 Å². The summed E-state index contributed by atoms with van der Waals surface area (Å²) >= 11 is 0.991. The summed E-state index contributed by atoms with van der Waals surface area (Å²) in [5.74, 6) is -0.732. The summed E-state index contributed by atoms with van der Waals surface area (Å²) in [6.07, 6.45) is 9.95. The zero-order valence-corrected chi connectivity index (χ0v) is 24.3. The van der Waals surface area contributed by atoms with E-state index in [1.165, 1.54) is 39.2 Å². The molecule has 2 aliphatic heterocycles. The number of carbonyl (C=O) groups is 4. The van der Waals surface area contributed by atoms with Crippen LogP contribution >= 0.6 is 11.3 Å². The number of imide groups is 1. The molecule has 5 rings (SSSR count). The topological polar surface area (TPSA) is 155 Å². The first-order chi connectivity index (χ1) is 20.8. The Morgan fingerprint density at radius 3 is 2.72 bits per heavy atom. The molecule has 3 aliphatic rings. The number of carbonyl (C=O) groups excluding carboxylic acids is 4. The summed E-state index contributed by atoms with van der Waals surface area (Å²) in [6.45, 7) is 0. The number of aromatic nitrogens is 1. The summed E-state index contributed by atoms with van der Waals surface area (Å²) < 4.78 is 26.8. The lowest BCUT2D eigenvalue weighted by molar-refractivity contribution is -0.134. The zero-order valence-electron chi connectivity index (χ0n) is 23.4. The third-order valence-electron chi connectivity index (χ3n) is 6.79. The number of hydrogen-bond acceptors (Lipinski definition) is 11. The molecule has 224 valence electrons. The number of rotatable bonds is 10. The van der Waals surface area contributed by atoms with Crippen molar-refractivity contribution >= 4 is 40.3 Å². The summed E-state index contributed by atoms with van der Waals surface area (Å²) in [7, 11) is 4.18. The fourth-order valence-electron chi connectivity index (χ4n) is 4.65. The average Bonchev–Trinajstić information content (AvgIpc) is 3.63. The number of urea groups is 1. The number of ether oxygens (including phenoxy) is 5. The number of nitrogens with zero attached hydrogens (tertiary/aromatic N) is 2. The van der Waals surface area contributed by atoms with Crippen LogP contribution in [-0.4, -0.2) is 67.1 Å². The van der Waals surface area contributed by atoms with Crippen molar-refractivity contribution in [3.05, 3.63) is 82.7 Å². The Balaban J connectivity index is 1.41. The van der Waals surface area contributed by atoms with E-state index in [1.807, 2.05) is 18.2 Å². The maximum Gasteiger partial charge on any atom is 0.357 e. The number of nitrogens with one attached hydrogen (secondary N) is 2. The van der Waals surface area contributed by atoms with Gasteiger partial charge < -0.3 is 34.3 Å². The molecule has 1 saturated heterocycles. The highest BCUT2D eigenvalue weighted by atomic mass is 32.1. The lowest BCUT2D eigenvalue weighted by Gasteiger charge is -2.25. The van der Waals surface area contributed by atoms with Crippen LogP contribution in [0, 0.1) is 0 Å². The quantitative estimate of drug-likeness (QED) is 0.303. The van der Waals surface area contributed by atoms with E-state index in [2.05, 4.69) is 20.4 Å². The summed E-state index contributed by atoms with van der Waals surface area (Å²) in [4.78, 5) is 57.5. The van der Waals surface area contributed by atoms with Gasteiger partial charge in [0.2, 0.25) is 5.91 Å². The van der Waals surface area contributed by atoms with Crippen LogP contribution in [0.2, 0.25) is 0 Å². The number of thiazole rings is 1. The molecule has 0 radical (unpaired) electrons. The van der Waals surface area contributed by atoms with Crippen molar-refractivity contribution in [1.29, 1.82) is 0 Å². The minimum Gasteiger partial charge on any atom is -0.493 e. The largest absolute Gasteiger partial charge is 0.493 e. The lowest BCUT2D eigenvalue weighted by atomic mass is 10.0. The number of allylic oxidation sites excluding steroid dienone is 4. The van der Waals surface area contributed by atoms with Crippen molar-refractivity contribution in [2.75, 3.05) is 26.6 Å². The zero-order chi connectivity index (χ0) is 30.5. The Morgan fingerprint density at radius 1 is 1.19 bits per heavy atom. The van der Waals surface area contributed by atoms with E-state index in [1.54, 1.807) is 18.2 Å². The third-order valence-corrected chi connectivity index (χ3v) is 7.55. The van der Waals surface area contributed by atoms with E-state index < -0.39 is 35.9 Å². The highest BCUT2D eigenvalue weighted by Crippen LogP contribution is 2.32. The van der Waals surface area contributed by atoms with Gasteiger partial charge in [-0.1, -0.05) is 24.3 Å². The number of amides is 4. The molecule has 1 fully saturated rings. The van der Waals surface area contributed by atoms with E-state index in [0.29, 0.717) is 22.8 Å². The van der Waals surface area contributed by atoms with E-state index in [0.717, 1.165) is 34.7 Å². The van der Waals surface area contributed by atoms with E-state index in [-0.39, 0.29) is 23.0 Å². The van der Waals surface area contributed by atoms with Crippen LogP contribution in [0.1, 0.15) is 28.9 Å².